The molecule has 0 spiro atoms. The Hall–Kier alpha value is -3.27. The molecule has 4 heteroatoms. The zero-order valence-electron chi connectivity index (χ0n) is 20.1. The fourth-order valence-electron chi connectivity index (χ4n) is 5.68. The van der Waals surface area contributed by atoms with E-state index in [1.807, 2.05) is 0 Å². The van der Waals surface area contributed by atoms with Gasteiger partial charge in [0, 0.05) is 42.8 Å². The summed E-state index contributed by atoms with van der Waals surface area (Å²) in [6, 6.07) is 26.0. The van der Waals surface area contributed by atoms with Crippen molar-refractivity contribution >= 4 is 17.4 Å². The van der Waals surface area contributed by atoms with Crippen LogP contribution in [-0.2, 0) is 0 Å². The summed E-state index contributed by atoms with van der Waals surface area (Å²) in [5.74, 6) is 0.685. The minimum Gasteiger partial charge on any atom is -0.371 e. The number of hydrogen-bond acceptors (Lipinski definition) is 2. The third kappa shape index (κ3) is 4.68. The van der Waals surface area contributed by atoms with Crippen molar-refractivity contribution in [2.45, 2.75) is 50.9 Å². The molecule has 2 aliphatic rings. The number of nitrogens with zero attached hydrogens (tertiary/aromatic N) is 1. The van der Waals surface area contributed by atoms with Crippen molar-refractivity contribution in [2.75, 3.05) is 29.9 Å². The largest absolute Gasteiger partial charge is 0.371 e. The van der Waals surface area contributed by atoms with Crippen molar-refractivity contribution in [3.05, 3.63) is 95.1 Å². The lowest BCUT2D eigenvalue weighted by Crippen LogP contribution is -2.38. The van der Waals surface area contributed by atoms with E-state index in [1.54, 1.807) is 0 Å². The fourth-order valence-corrected chi connectivity index (χ4v) is 5.68. The highest BCUT2D eigenvalue weighted by atomic mass is 16.2. The highest BCUT2D eigenvalue weighted by Gasteiger charge is 2.35. The van der Waals surface area contributed by atoms with Gasteiger partial charge in [-0.25, -0.2) is 4.79 Å². The predicted octanol–water partition coefficient (Wildman–Crippen LogP) is 6.88. The van der Waals surface area contributed by atoms with Crippen LogP contribution < -0.4 is 15.5 Å². The summed E-state index contributed by atoms with van der Waals surface area (Å²) in [7, 11) is 0. The second-order valence-electron chi connectivity index (χ2n) is 9.58. The minimum absolute atomic E-state index is 0.112. The highest BCUT2D eigenvalue weighted by molar-refractivity contribution is 5.90. The van der Waals surface area contributed by atoms with Crippen LogP contribution in [-0.4, -0.2) is 25.7 Å². The maximum Gasteiger partial charge on any atom is 0.319 e. The Labute approximate surface area is 203 Å². The Morgan fingerprint density at radius 3 is 1.94 bits per heavy atom. The molecule has 2 N–H and O–H groups in total. The van der Waals surface area contributed by atoms with Crippen LogP contribution in [0.2, 0.25) is 0 Å². The van der Waals surface area contributed by atoms with E-state index in [0.717, 1.165) is 50.9 Å². The molecule has 0 saturated carbocycles. The van der Waals surface area contributed by atoms with E-state index in [4.69, 9.17) is 0 Å². The monoisotopic (exact) mass is 453 g/mol. The van der Waals surface area contributed by atoms with E-state index in [9.17, 15) is 4.79 Å². The van der Waals surface area contributed by atoms with Gasteiger partial charge < -0.3 is 15.5 Å². The van der Waals surface area contributed by atoms with Gasteiger partial charge in [-0.05, 0) is 53.6 Å². The van der Waals surface area contributed by atoms with Crippen LogP contribution in [0.4, 0.5) is 16.2 Å². The van der Waals surface area contributed by atoms with Crippen molar-refractivity contribution < 1.29 is 4.79 Å². The van der Waals surface area contributed by atoms with Crippen molar-refractivity contribution in [1.82, 2.24) is 5.32 Å². The molecule has 0 aliphatic carbocycles. The highest BCUT2D eigenvalue weighted by Crippen LogP contribution is 2.49. The number of amides is 2. The molecule has 0 bridgehead atoms. The molecule has 176 valence electrons. The Kier molecular flexibility index (Phi) is 6.84. The van der Waals surface area contributed by atoms with E-state index in [0.29, 0.717) is 18.4 Å². The first-order chi connectivity index (χ1) is 16.7. The Morgan fingerprint density at radius 1 is 0.853 bits per heavy atom. The molecule has 34 heavy (non-hydrogen) atoms. The maximum absolute atomic E-state index is 12.7. The van der Waals surface area contributed by atoms with Crippen LogP contribution >= 0.6 is 0 Å². The molecule has 2 aliphatic heterocycles. The summed E-state index contributed by atoms with van der Waals surface area (Å²) >= 11 is 0. The Morgan fingerprint density at radius 2 is 1.41 bits per heavy atom. The van der Waals surface area contributed by atoms with Crippen molar-refractivity contribution in [3.63, 3.8) is 0 Å². The van der Waals surface area contributed by atoms with Gasteiger partial charge in [-0.3, -0.25) is 0 Å². The fraction of sp³-hybridized carbons (Fsp3) is 0.367. The van der Waals surface area contributed by atoms with Crippen LogP contribution in [0.1, 0.15) is 73.1 Å². The van der Waals surface area contributed by atoms with Crippen LogP contribution in [0.15, 0.2) is 72.8 Å². The van der Waals surface area contributed by atoms with Gasteiger partial charge in [0.2, 0.25) is 0 Å². The van der Waals surface area contributed by atoms with Gasteiger partial charge in [-0.15, -0.1) is 0 Å². The minimum atomic E-state index is -0.112. The van der Waals surface area contributed by atoms with Crippen LogP contribution in [0.5, 0.6) is 0 Å². The molecule has 3 aromatic carbocycles. The first-order valence-corrected chi connectivity index (χ1v) is 12.8. The van der Waals surface area contributed by atoms with Crippen molar-refractivity contribution in [3.8, 4) is 0 Å². The number of hydrogen-bond donors (Lipinski definition) is 2. The Bertz CT molecular complexity index is 1040. The van der Waals surface area contributed by atoms with Crippen molar-refractivity contribution in [2.24, 2.45) is 0 Å². The predicted molar refractivity (Wildman–Crippen MR) is 141 cm³/mol. The molecular weight excluding hydrogens is 418 g/mol. The average Bonchev–Trinajstić information content (AvgIpc) is 2.88. The standard InChI is InChI=1S/C30H35N3O/c1-2-3-10-17-31-30(34)32-24-20-27-25(22-11-6-4-7-12-22)15-18-33-19-16-26(28(21-24)29(27)33)23-13-8-5-9-14-23/h4-9,11-14,20-21,25-26H,2-3,10,15-19H2,1H3,(H2,31,32,34). The van der Waals surface area contributed by atoms with Gasteiger partial charge in [0.15, 0.2) is 0 Å². The molecule has 3 aromatic rings. The van der Waals surface area contributed by atoms with Gasteiger partial charge in [-0.1, -0.05) is 80.4 Å². The molecule has 2 unspecified atom stereocenters. The molecule has 0 fully saturated rings. The third-order valence-corrected chi connectivity index (χ3v) is 7.34. The SMILES string of the molecule is CCCCCNC(=O)Nc1cc2c3c(c1)C(c1ccccc1)CCN3CCC2c1ccccc1. The lowest BCUT2D eigenvalue weighted by Gasteiger charge is -2.43. The van der Waals surface area contributed by atoms with E-state index >= 15 is 0 Å². The molecule has 5 rings (SSSR count). The maximum atomic E-state index is 12.7. The number of urea groups is 1. The lowest BCUT2D eigenvalue weighted by atomic mass is 9.76. The molecule has 2 amide bonds. The smallest absolute Gasteiger partial charge is 0.319 e. The zero-order valence-corrected chi connectivity index (χ0v) is 20.1. The summed E-state index contributed by atoms with van der Waals surface area (Å²) in [4.78, 5) is 15.3. The summed E-state index contributed by atoms with van der Waals surface area (Å²) in [5, 5.41) is 6.19. The third-order valence-electron chi connectivity index (χ3n) is 7.34. The Balaban J connectivity index is 1.53. The first kappa shape index (κ1) is 22.5. The summed E-state index contributed by atoms with van der Waals surface area (Å²) < 4.78 is 0. The molecular formula is C30H35N3O. The van der Waals surface area contributed by atoms with Gasteiger partial charge in [0.1, 0.15) is 0 Å². The zero-order chi connectivity index (χ0) is 23.3. The number of nitrogens with one attached hydrogen (secondary N) is 2. The molecule has 4 nitrogen and oxygen atoms in total. The second kappa shape index (κ2) is 10.3. The summed E-state index contributed by atoms with van der Waals surface area (Å²) in [6.07, 6.45) is 5.49. The second-order valence-corrected chi connectivity index (χ2v) is 9.58. The molecule has 2 heterocycles. The summed E-state index contributed by atoms with van der Waals surface area (Å²) in [5.41, 5.74) is 7.68. The number of rotatable bonds is 7. The number of benzene rings is 3. The van der Waals surface area contributed by atoms with E-state index in [-0.39, 0.29) is 6.03 Å². The quantitative estimate of drug-likeness (QED) is 0.383. The number of carbonyl (C=O) groups is 1. The van der Waals surface area contributed by atoms with Gasteiger partial charge in [0.05, 0.1) is 0 Å². The number of anilines is 2. The van der Waals surface area contributed by atoms with Crippen LogP contribution in [0, 0.1) is 0 Å². The van der Waals surface area contributed by atoms with E-state index < -0.39 is 0 Å². The average molecular weight is 454 g/mol. The van der Waals surface area contributed by atoms with Crippen LogP contribution in [0.3, 0.4) is 0 Å². The summed E-state index contributed by atoms with van der Waals surface area (Å²) in [6.45, 7) is 5.04. The first-order valence-electron chi connectivity index (χ1n) is 12.8. The topological polar surface area (TPSA) is 44.4 Å². The van der Waals surface area contributed by atoms with E-state index in [2.05, 4.69) is 95.3 Å². The number of unbranched alkanes of at least 4 members (excludes halogenated alkanes) is 2. The van der Waals surface area contributed by atoms with Gasteiger partial charge in [0.25, 0.3) is 0 Å². The van der Waals surface area contributed by atoms with Gasteiger partial charge in [-0.2, -0.15) is 0 Å². The van der Waals surface area contributed by atoms with Crippen LogP contribution in [0.25, 0.3) is 0 Å². The number of carbonyl (C=O) groups excluding carboxylic acids is 1. The van der Waals surface area contributed by atoms with Crippen molar-refractivity contribution in [1.29, 1.82) is 0 Å². The molecule has 2 atom stereocenters. The van der Waals surface area contributed by atoms with E-state index in [1.165, 1.54) is 27.9 Å². The lowest BCUT2D eigenvalue weighted by molar-refractivity contribution is 0.252. The van der Waals surface area contributed by atoms with Gasteiger partial charge >= 0.3 is 6.03 Å². The molecule has 0 radical (unpaired) electrons. The normalized spacial score (nSPS) is 18.8. The molecule has 0 aromatic heterocycles. The molecule has 0 saturated heterocycles.